The molecule has 0 fully saturated rings. The minimum atomic E-state index is -0.0444. The van der Waals surface area contributed by atoms with Crippen molar-refractivity contribution < 1.29 is 0 Å². The number of hydrogen-bond donors (Lipinski definition) is 1. The van der Waals surface area contributed by atoms with Crippen molar-refractivity contribution in [1.29, 1.82) is 0 Å². The normalized spacial score (nSPS) is 12.5. The molecule has 0 aliphatic rings. The molecule has 0 unspecified atom stereocenters. The number of thioether (sulfide) groups is 1. The molecule has 1 nitrogen and oxygen atoms in total. The maximum absolute atomic E-state index is 5.79. The zero-order chi connectivity index (χ0) is 8.97. The standard InChI is InChI=1S/C10H13NS/c1-3-10(11)8-5-4-6-9(7-8)12-2/h3-7,10H,1,11H2,2H3/t10-/m0/s1. The van der Waals surface area contributed by atoms with Gasteiger partial charge >= 0.3 is 0 Å². The Bertz CT molecular complexity index is 270. The molecule has 0 aromatic heterocycles. The van der Waals surface area contributed by atoms with Crippen molar-refractivity contribution >= 4 is 11.8 Å². The summed E-state index contributed by atoms with van der Waals surface area (Å²) in [6, 6.07) is 8.16. The maximum Gasteiger partial charge on any atom is 0.0478 e. The highest BCUT2D eigenvalue weighted by Gasteiger charge is 2.00. The lowest BCUT2D eigenvalue weighted by atomic mass is 10.1. The topological polar surface area (TPSA) is 26.0 Å². The fraction of sp³-hybridized carbons (Fsp3) is 0.200. The summed E-state index contributed by atoms with van der Waals surface area (Å²) in [5, 5.41) is 0. The highest BCUT2D eigenvalue weighted by molar-refractivity contribution is 7.98. The van der Waals surface area contributed by atoms with Crippen LogP contribution in [0.4, 0.5) is 0 Å². The van der Waals surface area contributed by atoms with E-state index >= 15 is 0 Å². The fourth-order valence-electron chi connectivity index (χ4n) is 0.985. The van der Waals surface area contributed by atoms with E-state index in [2.05, 4.69) is 25.0 Å². The summed E-state index contributed by atoms with van der Waals surface area (Å²) in [5.41, 5.74) is 6.91. The van der Waals surface area contributed by atoms with Crippen molar-refractivity contribution in [3.8, 4) is 0 Å². The van der Waals surface area contributed by atoms with Crippen LogP contribution in [-0.4, -0.2) is 6.26 Å². The lowest BCUT2D eigenvalue weighted by Crippen LogP contribution is -2.05. The molecule has 2 N–H and O–H groups in total. The first kappa shape index (κ1) is 9.36. The van der Waals surface area contributed by atoms with Gasteiger partial charge in [0.15, 0.2) is 0 Å². The number of rotatable bonds is 3. The summed E-state index contributed by atoms with van der Waals surface area (Å²) in [6.45, 7) is 3.66. The molecule has 0 radical (unpaired) electrons. The van der Waals surface area contributed by atoms with Crippen LogP contribution in [0.25, 0.3) is 0 Å². The zero-order valence-corrected chi connectivity index (χ0v) is 7.97. The molecule has 0 bridgehead atoms. The molecule has 0 saturated heterocycles. The van der Waals surface area contributed by atoms with Crippen LogP contribution in [0.3, 0.4) is 0 Å². The summed E-state index contributed by atoms with van der Waals surface area (Å²) in [6.07, 6.45) is 3.80. The fourth-order valence-corrected chi connectivity index (χ4v) is 1.45. The zero-order valence-electron chi connectivity index (χ0n) is 7.16. The van der Waals surface area contributed by atoms with Crippen molar-refractivity contribution in [3.05, 3.63) is 42.5 Å². The van der Waals surface area contributed by atoms with Gasteiger partial charge in [-0.05, 0) is 24.0 Å². The van der Waals surface area contributed by atoms with E-state index in [0.29, 0.717) is 0 Å². The van der Waals surface area contributed by atoms with Crippen LogP contribution in [0.2, 0.25) is 0 Å². The van der Waals surface area contributed by atoms with Crippen LogP contribution in [0, 0.1) is 0 Å². The van der Waals surface area contributed by atoms with E-state index in [-0.39, 0.29) is 6.04 Å². The Hall–Kier alpha value is -0.730. The van der Waals surface area contributed by atoms with Gasteiger partial charge in [-0.15, -0.1) is 18.3 Å². The molecule has 1 rings (SSSR count). The summed E-state index contributed by atoms with van der Waals surface area (Å²) in [5.74, 6) is 0. The molecule has 0 heterocycles. The molecule has 1 aromatic carbocycles. The van der Waals surface area contributed by atoms with Crippen LogP contribution in [0.15, 0.2) is 41.8 Å². The number of nitrogens with two attached hydrogens (primary N) is 1. The van der Waals surface area contributed by atoms with Crippen molar-refractivity contribution in [3.63, 3.8) is 0 Å². The van der Waals surface area contributed by atoms with E-state index in [0.717, 1.165) is 5.56 Å². The minimum absolute atomic E-state index is 0.0444. The highest BCUT2D eigenvalue weighted by atomic mass is 32.2. The van der Waals surface area contributed by atoms with Gasteiger partial charge in [-0.25, -0.2) is 0 Å². The maximum atomic E-state index is 5.79. The predicted octanol–water partition coefficient (Wildman–Crippen LogP) is 2.59. The Morgan fingerprint density at radius 3 is 2.92 bits per heavy atom. The summed E-state index contributed by atoms with van der Waals surface area (Å²) < 4.78 is 0. The third-order valence-electron chi connectivity index (χ3n) is 1.73. The van der Waals surface area contributed by atoms with Crippen LogP contribution >= 0.6 is 11.8 Å². The Balaban J connectivity index is 2.93. The Labute approximate surface area is 77.7 Å². The molecule has 0 spiro atoms. The molecular formula is C10H13NS. The largest absolute Gasteiger partial charge is 0.321 e. The Morgan fingerprint density at radius 2 is 2.33 bits per heavy atom. The average molecular weight is 179 g/mol. The van der Waals surface area contributed by atoms with Gasteiger partial charge in [-0.1, -0.05) is 18.2 Å². The van der Waals surface area contributed by atoms with Crippen LogP contribution in [-0.2, 0) is 0 Å². The lowest BCUT2D eigenvalue weighted by molar-refractivity contribution is 0.909. The molecule has 1 aromatic rings. The molecule has 64 valence electrons. The minimum Gasteiger partial charge on any atom is -0.321 e. The lowest BCUT2D eigenvalue weighted by Gasteiger charge is -2.07. The number of benzene rings is 1. The first-order valence-corrected chi connectivity index (χ1v) is 5.02. The second-order valence-corrected chi connectivity index (χ2v) is 3.42. The van der Waals surface area contributed by atoms with E-state index in [4.69, 9.17) is 5.73 Å². The average Bonchev–Trinajstić information content (AvgIpc) is 2.17. The van der Waals surface area contributed by atoms with Gasteiger partial charge in [0, 0.05) is 10.9 Å². The Morgan fingerprint density at radius 1 is 1.58 bits per heavy atom. The first-order valence-electron chi connectivity index (χ1n) is 3.80. The van der Waals surface area contributed by atoms with Crippen molar-refractivity contribution in [2.75, 3.05) is 6.26 Å². The highest BCUT2D eigenvalue weighted by Crippen LogP contribution is 2.19. The SMILES string of the molecule is C=C[C@H](N)c1cccc(SC)c1. The molecule has 2 heteroatoms. The van der Waals surface area contributed by atoms with Crippen molar-refractivity contribution in [1.82, 2.24) is 0 Å². The quantitative estimate of drug-likeness (QED) is 0.570. The summed E-state index contributed by atoms with van der Waals surface area (Å²) in [4.78, 5) is 1.24. The second kappa shape index (κ2) is 4.33. The molecule has 1 atom stereocenters. The summed E-state index contributed by atoms with van der Waals surface area (Å²) >= 11 is 1.72. The molecule has 0 amide bonds. The molecule has 12 heavy (non-hydrogen) atoms. The smallest absolute Gasteiger partial charge is 0.0478 e. The van der Waals surface area contributed by atoms with E-state index in [1.165, 1.54) is 4.90 Å². The van der Waals surface area contributed by atoms with Crippen molar-refractivity contribution in [2.45, 2.75) is 10.9 Å². The van der Waals surface area contributed by atoms with Crippen molar-refractivity contribution in [2.24, 2.45) is 5.73 Å². The van der Waals surface area contributed by atoms with Gasteiger partial charge < -0.3 is 5.73 Å². The third kappa shape index (κ3) is 2.13. The molecular weight excluding hydrogens is 166 g/mol. The van der Waals surface area contributed by atoms with E-state index < -0.39 is 0 Å². The van der Waals surface area contributed by atoms with Crippen LogP contribution in [0.1, 0.15) is 11.6 Å². The van der Waals surface area contributed by atoms with Crippen LogP contribution < -0.4 is 5.73 Å². The van der Waals surface area contributed by atoms with Gasteiger partial charge in [0.05, 0.1) is 0 Å². The first-order chi connectivity index (χ1) is 5.77. The van der Waals surface area contributed by atoms with Gasteiger partial charge in [-0.3, -0.25) is 0 Å². The predicted molar refractivity (Wildman–Crippen MR) is 55.3 cm³/mol. The van der Waals surface area contributed by atoms with Gasteiger partial charge in [-0.2, -0.15) is 0 Å². The van der Waals surface area contributed by atoms with E-state index in [1.54, 1.807) is 17.8 Å². The number of hydrogen-bond acceptors (Lipinski definition) is 2. The van der Waals surface area contributed by atoms with Crippen LogP contribution in [0.5, 0.6) is 0 Å². The Kier molecular flexibility index (Phi) is 3.38. The van der Waals surface area contributed by atoms with Gasteiger partial charge in [0.2, 0.25) is 0 Å². The molecule has 0 aliphatic carbocycles. The van der Waals surface area contributed by atoms with Gasteiger partial charge in [0.25, 0.3) is 0 Å². The summed E-state index contributed by atoms with van der Waals surface area (Å²) in [7, 11) is 0. The van der Waals surface area contributed by atoms with Gasteiger partial charge in [0.1, 0.15) is 0 Å². The molecule has 0 saturated carbocycles. The second-order valence-electron chi connectivity index (χ2n) is 2.54. The monoisotopic (exact) mass is 179 g/mol. The van der Waals surface area contributed by atoms with E-state index in [1.807, 2.05) is 12.1 Å². The molecule has 0 aliphatic heterocycles. The van der Waals surface area contributed by atoms with E-state index in [9.17, 15) is 0 Å². The third-order valence-corrected chi connectivity index (χ3v) is 2.46.